The molecule has 90 valence electrons. The molecule has 0 fully saturated rings. The van der Waals surface area contributed by atoms with Crippen LogP contribution in [0.4, 0.5) is 5.95 Å². The summed E-state index contributed by atoms with van der Waals surface area (Å²) in [6.45, 7) is 2.11. The Morgan fingerprint density at radius 2 is 1.94 bits per heavy atom. The summed E-state index contributed by atoms with van der Waals surface area (Å²) in [5, 5.41) is 0.488. The number of rotatable bonds is 4. The van der Waals surface area contributed by atoms with Crippen LogP contribution in [0.15, 0.2) is 5.16 Å². The molecule has 4 nitrogen and oxygen atoms in total. The van der Waals surface area contributed by atoms with Gasteiger partial charge in [0.25, 0.3) is 0 Å². The molecule has 2 N–H and O–H groups in total. The van der Waals surface area contributed by atoms with Crippen LogP contribution in [0, 0.1) is 0 Å². The zero-order valence-corrected chi connectivity index (χ0v) is 11.7. The van der Waals surface area contributed by atoms with E-state index in [0.717, 1.165) is 18.6 Å². The molecule has 0 aliphatic heterocycles. The monoisotopic (exact) mass is 300 g/mol. The Balaban J connectivity index is 2.82. The molecule has 1 rings (SSSR count). The van der Waals surface area contributed by atoms with Crippen LogP contribution in [0.1, 0.15) is 25.6 Å². The van der Waals surface area contributed by atoms with E-state index < -0.39 is 3.79 Å². The summed E-state index contributed by atoms with van der Waals surface area (Å²) in [6.07, 6.45) is 2.17. The Morgan fingerprint density at radius 3 is 2.50 bits per heavy atom. The average molecular weight is 302 g/mol. The van der Waals surface area contributed by atoms with Gasteiger partial charge in [-0.3, -0.25) is 0 Å². The van der Waals surface area contributed by atoms with Crippen molar-refractivity contribution in [3.05, 3.63) is 5.82 Å². The minimum atomic E-state index is -1.67. The maximum Gasteiger partial charge on any atom is 0.250 e. The molecule has 0 spiro atoms. The number of nitrogens with zero attached hydrogens (tertiary/aromatic N) is 3. The molecule has 0 bridgehead atoms. The highest BCUT2D eigenvalue weighted by molar-refractivity contribution is 7.99. The van der Waals surface area contributed by atoms with Gasteiger partial charge in [-0.15, -0.1) is 0 Å². The van der Waals surface area contributed by atoms with Crippen molar-refractivity contribution in [2.45, 2.75) is 28.7 Å². The lowest BCUT2D eigenvalue weighted by Gasteiger charge is -2.10. The summed E-state index contributed by atoms with van der Waals surface area (Å²) in [4.78, 5) is 11.8. The lowest BCUT2D eigenvalue weighted by atomic mass is 10.4. The van der Waals surface area contributed by atoms with E-state index in [-0.39, 0.29) is 11.8 Å². The van der Waals surface area contributed by atoms with Gasteiger partial charge in [-0.05, 0) is 6.42 Å². The van der Waals surface area contributed by atoms with Crippen LogP contribution in [0.5, 0.6) is 0 Å². The molecule has 0 saturated carbocycles. The van der Waals surface area contributed by atoms with Gasteiger partial charge in [0.05, 0.1) is 0 Å². The number of thioether (sulfide) groups is 1. The number of aromatic nitrogens is 3. The largest absolute Gasteiger partial charge is 0.368 e. The predicted molar refractivity (Wildman–Crippen MR) is 69.1 cm³/mol. The molecule has 1 aromatic rings. The minimum Gasteiger partial charge on any atom is -0.368 e. The lowest BCUT2D eigenvalue weighted by molar-refractivity contribution is 0.830. The topological polar surface area (TPSA) is 64.7 Å². The molecule has 0 atom stereocenters. The van der Waals surface area contributed by atoms with Crippen LogP contribution in [-0.4, -0.2) is 20.7 Å². The SMILES string of the molecule is CCCCSc1nc(N)nc(C(Cl)(Cl)Cl)n1. The van der Waals surface area contributed by atoms with E-state index in [2.05, 4.69) is 21.9 Å². The summed E-state index contributed by atoms with van der Waals surface area (Å²) in [6, 6.07) is 0. The average Bonchev–Trinajstić information content (AvgIpc) is 2.16. The zero-order valence-electron chi connectivity index (χ0n) is 8.58. The van der Waals surface area contributed by atoms with Crippen LogP contribution in [0.25, 0.3) is 0 Å². The molecule has 0 aromatic carbocycles. The fraction of sp³-hybridized carbons (Fsp3) is 0.625. The number of unbranched alkanes of at least 4 members (excludes halogenated alkanes) is 1. The maximum absolute atomic E-state index is 5.68. The van der Waals surface area contributed by atoms with Gasteiger partial charge in [0.1, 0.15) is 0 Å². The van der Waals surface area contributed by atoms with Gasteiger partial charge in [-0.1, -0.05) is 59.9 Å². The van der Waals surface area contributed by atoms with Crippen molar-refractivity contribution >= 4 is 52.5 Å². The third kappa shape index (κ3) is 4.49. The molecular formula is C8H11Cl3N4S. The van der Waals surface area contributed by atoms with Crippen molar-refractivity contribution in [2.24, 2.45) is 0 Å². The third-order valence-corrected chi connectivity index (χ3v) is 3.06. The first-order valence-electron chi connectivity index (χ1n) is 4.65. The normalized spacial score (nSPS) is 11.8. The Bertz CT molecular complexity index is 356. The van der Waals surface area contributed by atoms with E-state index in [9.17, 15) is 0 Å². The molecule has 0 saturated heterocycles. The van der Waals surface area contributed by atoms with Gasteiger partial charge in [0, 0.05) is 5.75 Å². The Kier molecular flexibility index (Phi) is 5.37. The second kappa shape index (κ2) is 6.10. The molecule has 16 heavy (non-hydrogen) atoms. The van der Waals surface area contributed by atoms with Crippen molar-refractivity contribution in [1.82, 2.24) is 15.0 Å². The first-order chi connectivity index (χ1) is 7.43. The van der Waals surface area contributed by atoms with Crippen LogP contribution in [-0.2, 0) is 3.79 Å². The molecule has 1 aromatic heterocycles. The van der Waals surface area contributed by atoms with E-state index >= 15 is 0 Å². The molecule has 0 radical (unpaired) electrons. The maximum atomic E-state index is 5.68. The van der Waals surface area contributed by atoms with Gasteiger partial charge in [-0.25, -0.2) is 4.98 Å². The van der Waals surface area contributed by atoms with Crippen LogP contribution in [0.2, 0.25) is 0 Å². The highest BCUT2D eigenvalue weighted by atomic mass is 35.6. The van der Waals surface area contributed by atoms with Crippen molar-refractivity contribution in [3.63, 3.8) is 0 Å². The lowest BCUT2D eigenvalue weighted by Crippen LogP contribution is -2.11. The number of alkyl halides is 3. The number of hydrogen-bond donors (Lipinski definition) is 1. The van der Waals surface area contributed by atoms with Crippen molar-refractivity contribution in [2.75, 3.05) is 11.5 Å². The standard InChI is InChI=1S/C8H11Cl3N4S/c1-2-3-4-16-7-14-5(8(9,10)11)13-6(12)15-7/h2-4H2,1H3,(H2,12,13,14,15). The molecule has 0 aliphatic rings. The number of hydrogen-bond acceptors (Lipinski definition) is 5. The first kappa shape index (κ1) is 14.1. The minimum absolute atomic E-state index is 0.0593. The number of anilines is 1. The highest BCUT2D eigenvalue weighted by Gasteiger charge is 2.27. The zero-order chi connectivity index (χ0) is 12.2. The second-order valence-electron chi connectivity index (χ2n) is 3.00. The molecule has 0 amide bonds. The summed E-state index contributed by atoms with van der Waals surface area (Å²) >= 11 is 18.5. The molecule has 0 unspecified atom stereocenters. The third-order valence-electron chi connectivity index (χ3n) is 1.61. The molecule has 1 heterocycles. The van der Waals surface area contributed by atoms with Gasteiger partial charge in [0.15, 0.2) is 11.0 Å². The fourth-order valence-corrected chi connectivity index (χ4v) is 2.05. The van der Waals surface area contributed by atoms with Gasteiger partial charge >= 0.3 is 0 Å². The van der Waals surface area contributed by atoms with Crippen LogP contribution < -0.4 is 5.73 Å². The smallest absolute Gasteiger partial charge is 0.250 e. The second-order valence-corrected chi connectivity index (χ2v) is 6.34. The molecule has 8 heteroatoms. The van der Waals surface area contributed by atoms with Gasteiger partial charge in [0.2, 0.25) is 9.74 Å². The number of nitrogen functional groups attached to an aromatic ring is 1. The van der Waals surface area contributed by atoms with Gasteiger partial charge < -0.3 is 5.73 Å². The molecular weight excluding hydrogens is 291 g/mol. The van der Waals surface area contributed by atoms with Gasteiger partial charge in [-0.2, -0.15) is 9.97 Å². The Morgan fingerprint density at radius 1 is 1.25 bits per heavy atom. The van der Waals surface area contributed by atoms with Crippen LogP contribution >= 0.6 is 46.6 Å². The van der Waals surface area contributed by atoms with E-state index in [4.69, 9.17) is 40.5 Å². The van der Waals surface area contributed by atoms with Crippen molar-refractivity contribution in [1.29, 1.82) is 0 Å². The number of halogens is 3. The summed E-state index contributed by atoms with van der Waals surface area (Å²) < 4.78 is -1.67. The fourth-order valence-electron chi connectivity index (χ4n) is 0.871. The van der Waals surface area contributed by atoms with Crippen molar-refractivity contribution in [3.8, 4) is 0 Å². The summed E-state index contributed by atoms with van der Waals surface area (Å²) in [7, 11) is 0. The first-order valence-corrected chi connectivity index (χ1v) is 6.77. The quantitative estimate of drug-likeness (QED) is 0.526. The predicted octanol–water partition coefficient (Wildman–Crippen LogP) is 3.17. The number of nitrogens with two attached hydrogens (primary N) is 1. The summed E-state index contributed by atoms with van der Waals surface area (Å²) in [5.41, 5.74) is 5.51. The highest BCUT2D eigenvalue weighted by Crippen LogP contribution is 2.36. The van der Waals surface area contributed by atoms with E-state index in [1.54, 1.807) is 0 Å². The van der Waals surface area contributed by atoms with Crippen LogP contribution in [0.3, 0.4) is 0 Å². The Hall–Kier alpha value is 0.0300. The molecule has 0 aliphatic carbocycles. The van der Waals surface area contributed by atoms with E-state index in [0.29, 0.717) is 5.16 Å². The Labute approximate surface area is 113 Å². The van der Waals surface area contributed by atoms with E-state index in [1.807, 2.05) is 0 Å². The van der Waals surface area contributed by atoms with E-state index in [1.165, 1.54) is 11.8 Å². The summed E-state index contributed by atoms with van der Waals surface area (Å²) in [5.74, 6) is 1.03. The van der Waals surface area contributed by atoms with Crippen molar-refractivity contribution < 1.29 is 0 Å².